The number of nitrogens with zero attached hydrogens (tertiary/aromatic N) is 1. The topological polar surface area (TPSA) is 77.5 Å². The van der Waals surface area contributed by atoms with Gasteiger partial charge in [-0.25, -0.2) is 4.79 Å². The second kappa shape index (κ2) is 8.91. The number of carbonyl (C=O) groups excluding carboxylic acids is 2. The van der Waals surface area contributed by atoms with Crippen molar-refractivity contribution in [1.82, 2.24) is 10.3 Å². The van der Waals surface area contributed by atoms with Gasteiger partial charge in [0, 0.05) is 24.7 Å². The summed E-state index contributed by atoms with van der Waals surface area (Å²) < 4.78 is 10.3. The van der Waals surface area contributed by atoms with Gasteiger partial charge in [0.1, 0.15) is 0 Å². The lowest BCUT2D eigenvalue weighted by Gasteiger charge is -2.35. The summed E-state index contributed by atoms with van der Waals surface area (Å²) in [6, 6.07) is 7.63. The van der Waals surface area contributed by atoms with Crippen molar-refractivity contribution in [3.8, 4) is 0 Å². The van der Waals surface area contributed by atoms with Crippen LogP contribution in [-0.2, 0) is 27.1 Å². The predicted octanol–water partition coefficient (Wildman–Crippen LogP) is 3.31. The number of fused-ring (bicyclic) bond motifs is 2. The molecule has 1 aromatic heterocycles. The van der Waals surface area contributed by atoms with Crippen LogP contribution < -0.4 is 5.32 Å². The third kappa shape index (κ3) is 4.93. The van der Waals surface area contributed by atoms with E-state index in [2.05, 4.69) is 26.1 Å². The summed E-state index contributed by atoms with van der Waals surface area (Å²) in [7, 11) is 1.56. The third-order valence-corrected chi connectivity index (χ3v) is 5.65. The van der Waals surface area contributed by atoms with E-state index in [0.29, 0.717) is 24.6 Å². The first-order chi connectivity index (χ1) is 13.8. The fourth-order valence-corrected chi connectivity index (χ4v) is 3.91. The number of pyridine rings is 1. The van der Waals surface area contributed by atoms with Crippen LogP contribution in [0.5, 0.6) is 0 Å². The fourth-order valence-electron chi connectivity index (χ4n) is 3.91. The molecule has 6 nitrogen and oxygen atoms in total. The van der Waals surface area contributed by atoms with E-state index in [1.807, 2.05) is 24.3 Å². The number of hydrogen-bond donors (Lipinski definition) is 1. The highest BCUT2D eigenvalue weighted by Gasteiger charge is 2.33. The molecule has 1 heterocycles. The van der Waals surface area contributed by atoms with Crippen LogP contribution in [0.3, 0.4) is 0 Å². The first-order valence-corrected chi connectivity index (χ1v) is 10.1. The quantitative estimate of drug-likeness (QED) is 0.597. The van der Waals surface area contributed by atoms with Gasteiger partial charge in [0.2, 0.25) is 0 Å². The molecule has 0 spiro atoms. The molecule has 2 aromatic rings. The Morgan fingerprint density at radius 1 is 1.24 bits per heavy atom. The summed E-state index contributed by atoms with van der Waals surface area (Å²) >= 11 is 0. The maximum atomic E-state index is 13.1. The van der Waals surface area contributed by atoms with Gasteiger partial charge in [-0.2, -0.15) is 0 Å². The van der Waals surface area contributed by atoms with Crippen LogP contribution in [-0.4, -0.2) is 43.7 Å². The van der Waals surface area contributed by atoms with Gasteiger partial charge in [-0.05, 0) is 42.2 Å². The molecule has 1 atom stereocenters. The summed E-state index contributed by atoms with van der Waals surface area (Å²) in [6.45, 7) is 7.19. The molecular formula is C23H30N2O4. The smallest absolute Gasteiger partial charge is 0.339 e. The lowest BCUT2D eigenvalue weighted by Crippen LogP contribution is -2.32. The fraction of sp³-hybridized carbons (Fsp3) is 0.522. The zero-order valence-electron chi connectivity index (χ0n) is 17.7. The molecule has 0 unspecified atom stereocenters. The molecule has 1 aliphatic rings. The SMILES string of the molecule is COCCNC(=O)COC(=O)c1c2c(nc3ccccc13)CC[C@H](C(C)(C)C)C2. The maximum Gasteiger partial charge on any atom is 0.339 e. The van der Waals surface area contributed by atoms with Crippen molar-refractivity contribution >= 4 is 22.8 Å². The number of nitrogens with one attached hydrogen (secondary N) is 1. The molecule has 3 rings (SSSR count). The molecule has 0 saturated heterocycles. The molecule has 1 aliphatic carbocycles. The number of aromatic nitrogens is 1. The van der Waals surface area contributed by atoms with E-state index in [0.717, 1.165) is 41.4 Å². The van der Waals surface area contributed by atoms with Crippen molar-refractivity contribution in [2.45, 2.75) is 40.0 Å². The average molecular weight is 399 g/mol. The molecule has 0 bridgehead atoms. The highest BCUT2D eigenvalue weighted by atomic mass is 16.5. The van der Waals surface area contributed by atoms with Crippen molar-refractivity contribution < 1.29 is 19.1 Å². The van der Waals surface area contributed by atoms with Crippen LogP contribution in [0.1, 0.15) is 48.8 Å². The average Bonchev–Trinajstić information content (AvgIpc) is 2.69. The first kappa shape index (κ1) is 21.2. The Bertz CT molecular complexity index is 902. The van der Waals surface area contributed by atoms with Crippen molar-refractivity contribution in [2.75, 3.05) is 26.9 Å². The number of benzene rings is 1. The van der Waals surface area contributed by atoms with Crippen LogP contribution >= 0.6 is 0 Å². The molecule has 1 aromatic carbocycles. The molecular weight excluding hydrogens is 368 g/mol. The number of aryl methyl sites for hydroxylation is 1. The van der Waals surface area contributed by atoms with E-state index >= 15 is 0 Å². The van der Waals surface area contributed by atoms with Crippen molar-refractivity contribution in [1.29, 1.82) is 0 Å². The Hall–Kier alpha value is -2.47. The zero-order chi connectivity index (χ0) is 21.0. The van der Waals surface area contributed by atoms with E-state index in [-0.39, 0.29) is 17.9 Å². The largest absolute Gasteiger partial charge is 0.452 e. The summed E-state index contributed by atoms with van der Waals surface area (Å²) in [5, 5.41) is 3.45. The molecule has 0 radical (unpaired) electrons. The Labute approximate surface area is 172 Å². The summed E-state index contributed by atoms with van der Waals surface area (Å²) in [5.74, 6) is -0.339. The number of amides is 1. The number of hydrogen-bond acceptors (Lipinski definition) is 5. The van der Waals surface area contributed by atoms with Gasteiger partial charge in [0.15, 0.2) is 6.61 Å². The highest BCUT2D eigenvalue weighted by Crippen LogP contribution is 2.39. The van der Waals surface area contributed by atoms with Gasteiger partial charge in [-0.3, -0.25) is 9.78 Å². The van der Waals surface area contributed by atoms with Crippen LogP contribution in [0, 0.1) is 11.3 Å². The maximum absolute atomic E-state index is 13.1. The van der Waals surface area contributed by atoms with E-state index in [4.69, 9.17) is 14.5 Å². The van der Waals surface area contributed by atoms with Crippen LogP contribution in [0.15, 0.2) is 24.3 Å². The number of rotatable bonds is 6. The van der Waals surface area contributed by atoms with Gasteiger partial charge in [-0.1, -0.05) is 39.0 Å². The van der Waals surface area contributed by atoms with Gasteiger partial charge in [-0.15, -0.1) is 0 Å². The number of carbonyl (C=O) groups is 2. The summed E-state index contributed by atoms with van der Waals surface area (Å²) in [4.78, 5) is 29.8. The Morgan fingerprint density at radius 3 is 2.72 bits per heavy atom. The van der Waals surface area contributed by atoms with E-state index in [1.54, 1.807) is 7.11 Å². The van der Waals surface area contributed by atoms with Crippen molar-refractivity contribution in [2.24, 2.45) is 11.3 Å². The van der Waals surface area contributed by atoms with Crippen molar-refractivity contribution in [3.63, 3.8) is 0 Å². The minimum atomic E-state index is -0.462. The Kier molecular flexibility index (Phi) is 6.52. The zero-order valence-corrected chi connectivity index (χ0v) is 17.7. The standard InChI is InChI=1S/C23H30N2O4/c1-23(2,3)15-9-10-19-17(13-15)21(16-7-5-6-8-18(16)25-19)22(27)29-14-20(26)24-11-12-28-4/h5-8,15H,9-14H2,1-4H3,(H,24,26)/t15-/m0/s1. The second-order valence-corrected chi connectivity index (χ2v) is 8.65. The predicted molar refractivity (Wildman–Crippen MR) is 112 cm³/mol. The number of ether oxygens (including phenoxy) is 2. The third-order valence-electron chi connectivity index (χ3n) is 5.65. The molecule has 29 heavy (non-hydrogen) atoms. The molecule has 6 heteroatoms. The van der Waals surface area contributed by atoms with Gasteiger partial charge >= 0.3 is 5.97 Å². The minimum absolute atomic E-state index is 0.145. The molecule has 0 fully saturated rings. The number of esters is 1. The van der Waals surface area contributed by atoms with E-state index in [9.17, 15) is 9.59 Å². The van der Waals surface area contributed by atoms with E-state index < -0.39 is 5.97 Å². The van der Waals surface area contributed by atoms with Crippen LogP contribution in [0.25, 0.3) is 10.9 Å². The van der Waals surface area contributed by atoms with Gasteiger partial charge in [0.05, 0.1) is 17.7 Å². The lowest BCUT2D eigenvalue weighted by molar-refractivity contribution is -0.124. The van der Waals surface area contributed by atoms with Crippen LogP contribution in [0.2, 0.25) is 0 Å². The second-order valence-electron chi connectivity index (χ2n) is 8.65. The monoisotopic (exact) mass is 398 g/mol. The molecule has 0 aliphatic heterocycles. The molecule has 156 valence electrons. The lowest BCUT2D eigenvalue weighted by atomic mass is 9.70. The molecule has 1 amide bonds. The number of methoxy groups -OCH3 is 1. The minimum Gasteiger partial charge on any atom is -0.452 e. The molecule has 1 N–H and O–H groups in total. The molecule has 0 saturated carbocycles. The Morgan fingerprint density at radius 2 is 2.00 bits per heavy atom. The Balaban J connectivity index is 1.89. The highest BCUT2D eigenvalue weighted by molar-refractivity contribution is 6.05. The normalized spacial score (nSPS) is 16.3. The summed E-state index contributed by atoms with van der Waals surface area (Å²) in [5.41, 5.74) is 3.44. The van der Waals surface area contributed by atoms with Gasteiger partial charge < -0.3 is 14.8 Å². The first-order valence-electron chi connectivity index (χ1n) is 10.1. The number of para-hydroxylation sites is 1. The van der Waals surface area contributed by atoms with Crippen LogP contribution in [0.4, 0.5) is 0 Å². The summed E-state index contributed by atoms with van der Waals surface area (Å²) in [6.07, 6.45) is 2.69. The van der Waals surface area contributed by atoms with Crippen molar-refractivity contribution in [3.05, 3.63) is 41.1 Å². The van der Waals surface area contributed by atoms with E-state index in [1.165, 1.54) is 0 Å². The van der Waals surface area contributed by atoms with Gasteiger partial charge in [0.25, 0.3) is 5.91 Å².